The maximum absolute atomic E-state index is 13.6. The van der Waals surface area contributed by atoms with Crippen molar-refractivity contribution in [3.05, 3.63) is 70.9 Å². The van der Waals surface area contributed by atoms with E-state index in [0.717, 1.165) is 35.4 Å². The molecule has 1 atom stereocenters. The number of hydrogen-bond donors (Lipinski definition) is 1. The standard InChI is InChI=1S/C21H18F2N2O3/c1-12-7-14-8-13(5-6-19(14)27-12)20-9-15(25-28-20)10-21(26)24-11-16-17(22)3-2-4-18(16)23/h2-6,8-9,12H,7,10-11H2,1H3,(H,24,26)/t12-/m0/s1. The summed E-state index contributed by atoms with van der Waals surface area (Å²) in [6.07, 6.45) is 0.933. The Bertz CT molecular complexity index is 1010. The predicted molar refractivity (Wildman–Crippen MR) is 97.6 cm³/mol. The number of hydrogen-bond acceptors (Lipinski definition) is 4. The van der Waals surface area contributed by atoms with Gasteiger partial charge in [-0.15, -0.1) is 0 Å². The molecule has 1 N–H and O–H groups in total. The van der Waals surface area contributed by atoms with Crippen molar-refractivity contribution in [3.63, 3.8) is 0 Å². The van der Waals surface area contributed by atoms with Gasteiger partial charge in [0.1, 0.15) is 23.5 Å². The topological polar surface area (TPSA) is 64.4 Å². The van der Waals surface area contributed by atoms with Gasteiger partial charge < -0.3 is 14.6 Å². The Labute approximate surface area is 160 Å². The van der Waals surface area contributed by atoms with E-state index in [-0.39, 0.29) is 24.6 Å². The molecule has 0 radical (unpaired) electrons. The Morgan fingerprint density at radius 2 is 2.00 bits per heavy atom. The van der Waals surface area contributed by atoms with Gasteiger partial charge in [0.05, 0.1) is 12.1 Å². The molecule has 1 aliphatic rings. The lowest BCUT2D eigenvalue weighted by Gasteiger charge is -2.06. The molecule has 3 aromatic rings. The lowest BCUT2D eigenvalue weighted by atomic mass is 10.1. The van der Waals surface area contributed by atoms with Gasteiger partial charge in [-0.05, 0) is 42.8 Å². The van der Waals surface area contributed by atoms with Gasteiger partial charge in [-0.1, -0.05) is 11.2 Å². The van der Waals surface area contributed by atoms with E-state index >= 15 is 0 Å². The van der Waals surface area contributed by atoms with Crippen LogP contribution in [0, 0.1) is 11.6 Å². The Hall–Kier alpha value is -3.22. The Kier molecular flexibility index (Phi) is 4.81. The minimum Gasteiger partial charge on any atom is -0.490 e. The number of carbonyl (C=O) groups excluding carboxylic acids is 1. The molecule has 2 aromatic carbocycles. The molecule has 0 spiro atoms. The smallest absolute Gasteiger partial charge is 0.226 e. The Morgan fingerprint density at radius 3 is 2.79 bits per heavy atom. The number of benzene rings is 2. The average Bonchev–Trinajstić information content (AvgIpc) is 3.26. The fraction of sp³-hybridized carbons (Fsp3) is 0.238. The van der Waals surface area contributed by atoms with Gasteiger partial charge in [0.15, 0.2) is 5.76 Å². The van der Waals surface area contributed by atoms with Crippen molar-refractivity contribution in [1.82, 2.24) is 10.5 Å². The zero-order chi connectivity index (χ0) is 19.7. The maximum atomic E-state index is 13.6. The van der Waals surface area contributed by atoms with Gasteiger partial charge >= 0.3 is 0 Å². The van der Waals surface area contributed by atoms with E-state index in [2.05, 4.69) is 10.5 Å². The van der Waals surface area contributed by atoms with Crippen molar-refractivity contribution in [1.29, 1.82) is 0 Å². The van der Waals surface area contributed by atoms with E-state index in [1.807, 2.05) is 25.1 Å². The molecule has 0 fully saturated rings. The van der Waals surface area contributed by atoms with E-state index in [4.69, 9.17) is 9.26 Å². The third-order valence-electron chi connectivity index (χ3n) is 4.61. The van der Waals surface area contributed by atoms with Crippen LogP contribution in [0.3, 0.4) is 0 Å². The summed E-state index contributed by atoms with van der Waals surface area (Å²) in [5.74, 6) is -0.377. The number of amides is 1. The van der Waals surface area contributed by atoms with Crippen LogP contribution in [0.25, 0.3) is 11.3 Å². The second kappa shape index (κ2) is 7.42. The van der Waals surface area contributed by atoms with Crippen LogP contribution in [0.4, 0.5) is 8.78 Å². The molecule has 1 amide bonds. The zero-order valence-corrected chi connectivity index (χ0v) is 15.2. The first-order valence-electron chi connectivity index (χ1n) is 8.94. The summed E-state index contributed by atoms with van der Waals surface area (Å²) in [4.78, 5) is 12.1. The van der Waals surface area contributed by atoms with E-state index < -0.39 is 17.5 Å². The number of nitrogens with one attached hydrogen (secondary N) is 1. The summed E-state index contributed by atoms with van der Waals surface area (Å²) < 4.78 is 38.3. The maximum Gasteiger partial charge on any atom is 0.226 e. The highest BCUT2D eigenvalue weighted by molar-refractivity contribution is 5.78. The van der Waals surface area contributed by atoms with Crippen molar-refractivity contribution in [2.24, 2.45) is 0 Å². The van der Waals surface area contributed by atoms with Crippen LogP contribution in [-0.2, 0) is 24.2 Å². The molecule has 0 unspecified atom stereocenters. The molecule has 1 aromatic heterocycles. The number of halogens is 2. The number of rotatable bonds is 5. The highest BCUT2D eigenvalue weighted by atomic mass is 19.1. The van der Waals surface area contributed by atoms with E-state index in [9.17, 15) is 13.6 Å². The fourth-order valence-electron chi connectivity index (χ4n) is 3.22. The van der Waals surface area contributed by atoms with Gasteiger partial charge in [0.25, 0.3) is 0 Å². The van der Waals surface area contributed by atoms with Gasteiger partial charge in [0.2, 0.25) is 5.91 Å². The van der Waals surface area contributed by atoms with Crippen LogP contribution in [0.15, 0.2) is 47.0 Å². The normalized spacial score (nSPS) is 15.2. The van der Waals surface area contributed by atoms with Crippen LogP contribution in [0.2, 0.25) is 0 Å². The minimum atomic E-state index is -0.695. The van der Waals surface area contributed by atoms with Crippen molar-refractivity contribution in [2.75, 3.05) is 0 Å². The summed E-state index contributed by atoms with van der Waals surface area (Å²) in [6, 6.07) is 11.0. The van der Waals surface area contributed by atoms with Gasteiger partial charge in [0, 0.05) is 30.2 Å². The molecular formula is C21H18F2N2O3. The molecule has 0 saturated carbocycles. The van der Waals surface area contributed by atoms with E-state index in [1.54, 1.807) is 6.07 Å². The highest BCUT2D eigenvalue weighted by Crippen LogP contribution is 2.33. The van der Waals surface area contributed by atoms with Crippen molar-refractivity contribution >= 4 is 5.91 Å². The predicted octanol–water partition coefficient (Wildman–Crippen LogP) is 3.80. The summed E-state index contributed by atoms with van der Waals surface area (Å²) in [6.45, 7) is 1.78. The van der Waals surface area contributed by atoms with E-state index in [0.29, 0.717) is 11.5 Å². The fourth-order valence-corrected chi connectivity index (χ4v) is 3.22. The third-order valence-corrected chi connectivity index (χ3v) is 4.61. The number of carbonyl (C=O) groups is 1. The first-order chi connectivity index (χ1) is 13.5. The third kappa shape index (κ3) is 3.74. The number of ether oxygens (including phenoxy) is 1. The molecule has 1 aliphatic heterocycles. The lowest BCUT2D eigenvalue weighted by Crippen LogP contribution is -2.25. The number of aromatic nitrogens is 1. The SMILES string of the molecule is C[C@H]1Cc2cc(-c3cc(CC(=O)NCc4c(F)cccc4F)no3)ccc2O1. The van der Waals surface area contributed by atoms with Crippen LogP contribution >= 0.6 is 0 Å². The van der Waals surface area contributed by atoms with Crippen LogP contribution < -0.4 is 10.1 Å². The van der Waals surface area contributed by atoms with Gasteiger partial charge in [-0.25, -0.2) is 8.78 Å². The zero-order valence-electron chi connectivity index (χ0n) is 15.2. The van der Waals surface area contributed by atoms with Gasteiger partial charge in [-0.2, -0.15) is 0 Å². The van der Waals surface area contributed by atoms with Crippen LogP contribution in [0.1, 0.15) is 23.7 Å². The summed E-state index contributed by atoms with van der Waals surface area (Å²) in [5, 5.41) is 6.42. The molecule has 2 heterocycles. The summed E-state index contributed by atoms with van der Waals surface area (Å²) >= 11 is 0. The molecular weight excluding hydrogens is 366 g/mol. The largest absolute Gasteiger partial charge is 0.490 e. The number of fused-ring (bicyclic) bond motifs is 1. The second-order valence-electron chi connectivity index (χ2n) is 6.79. The first kappa shape index (κ1) is 18.2. The monoisotopic (exact) mass is 384 g/mol. The van der Waals surface area contributed by atoms with E-state index in [1.165, 1.54) is 6.07 Å². The average molecular weight is 384 g/mol. The lowest BCUT2D eigenvalue weighted by molar-refractivity contribution is -0.120. The highest BCUT2D eigenvalue weighted by Gasteiger charge is 2.20. The summed E-state index contributed by atoms with van der Waals surface area (Å²) in [7, 11) is 0. The molecule has 0 saturated heterocycles. The molecule has 144 valence electrons. The van der Waals surface area contributed by atoms with Crippen LogP contribution in [-0.4, -0.2) is 17.2 Å². The number of nitrogens with zero attached hydrogens (tertiary/aromatic N) is 1. The van der Waals surface area contributed by atoms with Crippen molar-refractivity contribution in [3.8, 4) is 17.1 Å². The Balaban J connectivity index is 1.40. The first-order valence-corrected chi connectivity index (χ1v) is 8.94. The van der Waals surface area contributed by atoms with Crippen molar-refractivity contribution < 1.29 is 22.8 Å². The molecule has 0 aliphatic carbocycles. The minimum absolute atomic E-state index is 0.0509. The molecule has 28 heavy (non-hydrogen) atoms. The van der Waals surface area contributed by atoms with Gasteiger partial charge in [-0.3, -0.25) is 4.79 Å². The molecule has 0 bridgehead atoms. The quantitative estimate of drug-likeness (QED) is 0.727. The molecule has 7 heteroatoms. The van der Waals surface area contributed by atoms with Crippen LogP contribution in [0.5, 0.6) is 5.75 Å². The Morgan fingerprint density at radius 1 is 1.21 bits per heavy atom. The van der Waals surface area contributed by atoms with Crippen molar-refractivity contribution in [2.45, 2.75) is 32.4 Å². The summed E-state index contributed by atoms with van der Waals surface area (Å²) in [5.41, 5.74) is 2.22. The molecule has 4 rings (SSSR count). The molecule has 5 nitrogen and oxygen atoms in total. The second-order valence-corrected chi connectivity index (χ2v) is 6.79.